The Kier molecular flexibility index (Phi) is 11.3. The lowest BCUT2D eigenvalue weighted by molar-refractivity contribution is -0.387. The molecule has 1 saturated heterocycles. The van der Waals surface area contributed by atoms with Crippen LogP contribution in [-0.2, 0) is 59.0 Å². The van der Waals surface area contributed by atoms with Crippen molar-refractivity contribution in [1.82, 2.24) is 5.32 Å². The zero-order valence-electron chi connectivity index (χ0n) is 22.1. The Balaban J connectivity index is 2.45. The summed E-state index contributed by atoms with van der Waals surface area (Å²) in [6, 6.07) is 3.29. The summed E-state index contributed by atoms with van der Waals surface area (Å²) in [5, 5.41) is 22.3. The number of hydrogen-bond donors (Lipinski definition) is 2. The van der Waals surface area contributed by atoms with Crippen LogP contribution in [0.1, 0.15) is 26.3 Å². The smallest absolute Gasteiger partial charge is 0.407 e. The third kappa shape index (κ3) is 9.31. The maximum Gasteiger partial charge on any atom is 0.407 e. The van der Waals surface area contributed by atoms with E-state index < -0.39 is 96.2 Å². The number of amides is 1. The fourth-order valence-electron chi connectivity index (χ4n) is 3.54. The van der Waals surface area contributed by atoms with Gasteiger partial charge in [0, 0.05) is 26.8 Å². The molecule has 18 nitrogen and oxygen atoms in total. The predicted molar refractivity (Wildman–Crippen MR) is 127 cm³/mol. The molecule has 2 rings (SSSR count). The molecule has 1 aromatic carbocycles. The van der Waals surface area contributed by atoms with E-state index in [1.807, 2.05) is 5.32 Å². The first-order chi connectivity index (χ1) is 19.2. The second-order valence-corrected chi connectivity index (χ2v) is 8.17. The predicted octanol–water partition coefficient (Wildman–Crippen LogP) is -0.0226. The van der Waals surface area contributed by atoms with E-state index in [1.54, 1.807) is 0 Å². The average molecular weight is 586 g/mol. The zero-order valence-corrected chi connectivity index (χ0v) is 22.1. The standard InChI is InChI=1S/C23H26N2O16/c1-10(26)37-17-18(38-11(2)27)20(39-12(3)28)22(41-19(17)21(31)35-4)40-15-6-5-13(7-14(15)25(33)34)9-36-23(32)24-8-16(29)30/h5-7,17-20,22H,8-9H2,1-4H3,(H,24,32)(H,29,30)/t17-,18-,19-,20+,22+/m0/s1. The van der Waals surface area contributed by atoms with Gasteiger partial charge in [-0.1, -0.05) is 6.07 Å². The van der Waals surface area contributed by atoms with Crippen molar-refractivity contribution in [2.24, 2.45) is 0 Å². The molecule has 5 atom stereocenters. The van der Waals surface area contributed by atoms with Crippen molar-refractivity contribution in [2.75, 3.05) is 13.7 Å². The quantitative estimate of drug-likeness (QED) is 0.150. The van der Waals surface area contributed by atoms with Gasteiger partial charge >= 0.3 is 41.6 Å². The summed E-state index contributed by atoms with van der Waals surface area (Å²) in [7, 11) is 0.985. The lowest BCUT2D eigenvalue weighted by atomic mass is 9.97. The van der Waals surface area contributed by atoms with E-state index >= 15 is 0 Å². The number of rotatable bonds is 11. The van der Waals surface area contributed by atoms with Crippen molar-refractivity contribution in [2.45, 2.75) is 58.1 Å². The van der Waals surface area contributed by atoms with Gasteiger partial charge in [0.2, 0.25) is 12.4 Å². The second-order valence-electron chi connectivity index (χ2n) is 8.17. The summed E-state index contributed by atoms with van der Waals surface area (Å²) >= 11 is 0. The molecule has 0 radical (unpaired) electrons. The first-order valence-electron chi connectivity index (χ1n) is 11.5. The van der Waals surface area contributed by atoms with E-state index in [4.69, 9.17) is 33.5 Å². The van der Waals surface area contributed by atoms with Gasteiger partial charge in [0.25, 0.3) is 0 Å². The number of benzene rings is 1. The number of carboxylic acid groups (broad SMARTS) is 1. The highest BCUT2D eigenvalue weighted by molar-refractivity contribution is 5.77. The Morgan fingerprint density at radius 1 is 0.976 bits per heavy atom. The Hall–Kier alpha value is -5.00. The number of aliphatic carboxylic acids is 1. The molecule has 18 heteroatoms. The van der Waals surface area contributed by atoms with Gasteiger partial charge in [-0.25, -0.2) is 9.59 Å². The summed E-state index contributed by atoms with van der Waals surface area (Å²) in [5.74, 6) is -5.70. The van der Waals surface area contributed by atoms with Crippen LogP contribution in [0.3, 0.4) is 0 Å². The summed E-state index contributed by atoms with van der Waals surface area (Å²) in [6.45, 7) is 1.76. The molecule has 224 valence electrons. The number of nitro benzene ring substituents is 1. The Morgan fingerprint density at radius 2 is 1.56 bits per heavy atom. The van der Waals surface area contributed by atoms with Crippen molar-refractivity contribution in [1.29, 1.82) is 0 Å². The number of esters is 4. The van der Waals surface area contributed by atoms with Crippen LogP contribution in [0.25, 0.3) is 0 Å². The van der Waals surface area contributed by atoms with E-state index in [-0.39, 0.29) is 5.56 Å². The molecule has 41 heavy (non-hydrogen) atoms. The summed E-state index contributed by atoms with van der Waals surface area (Å²) in [4.78, 5) is 81.1. The van der Waals surface area contributed by atoms with E-state index in [0.29, 0.717) is 0 Å². The van der Waals surface area contributed by atoms with Gasteiger partial charge in [-0.2, -0.15) is 0 Å². The fraction of sp³-hybridized carbons (Fsp3) is 0.478. The molecule has 1 fully saturated rings. The van der Waals surface area contributed by atoms with Crippen LogP contribution in [0.4, 0.5) is 10.5 Å². The summed E-state index contributed by atoms with van der Waals surface area (Å²) < 4.78 is 36.2. The lowest BCUT2D eigenvalue weighted by Gasteiger charge is -2.42. The monoisotopic (exact) mass is 586 g/mol. The van der Waals surface area contributed by atoms with Crippen LogP contribution in [0.15, 0.2) is 18.2 Å². The molecule has 1 heterocycles. The topological polar surface area (TPSA) is 242 Å². The van der Waals surface area contributed by atoms with Crippen molar-refractivity contribution >= 4 is 41.6 Å². The maximum absolute atomic E-state index is 12.5. The van der Waals surface area contributed by atoms with Gasteiger partial charge in [-0.15, -0.1) is 0 Å². The molecule has 2 N–H and O–H groups in total. The van der Waals surface area contributed by atoms with Crippen LogP contribution in [0.5, 0.6) is 5.75 Å². The van der Waals surface area contributed by atoms with E-state index in [9.17, 15) is 38.9 Å². The number of methoxy groups -OCH3 is 1. The highest BCUT2D eigenvalue weighted by Gasteiger charge is 2.56. The van der Waals surface area contributed by atoms with Crippen molar-refractivity contribution in [3.05, 3.63) is 33.9 Å². The Bertz CT molecular complexity index is 1200. The zero-order chi connectivity index (χ0) is 30.9. The second kappa shape index (κ2) is 14.4. The number of nitro groups is 1. The first kappa shape index (κ1) is 32.2. The molecule has 0 aromatic heterocycles. The minimum absolute atomic E-state index is 0.0933. The average Bonchev–Trinajstić information content (AvgIpc) is 2.88. The molecular weight excluding hydrogens is 560 g/mol. The van der Waals surface area contributed by atoms with Gasteiger partial charge in [0.1, 0.15) is 13.2 Å². The molecule has 1 aliphatic heterocycles. The van der Waals surface area contributed by atoms with Crippen LogP contribution >= 0.6 is 0 Å². The number of ether oxygens (including phenoxy) is 7. The minimum atomic E-state index is -1.85. The molecule has 0 spiro atoms. The first-order valence-corrected chi connectivity index (χ1v) is 11.5. The molecule has 0 saturated carbocycles. The largest absolute Gasteiger partial charge is 0.480 e. The highest BCUT2D eigenvalue weighted by Crippen LogP contribution is 2.35. The minimum Gasteiger partial charge on any atom is -0.480 e. The third-order valence-corrected chi connectivity index (χ3v) is 5.05. The van der Waals surface area contributed by atoms with Gasteiger partial charge in [0.05, 0.1) is 12.0 Å². The molecule has 1 amide bonds. The highest BCUT2D eigenvalue weighted by atomic mass is 16.7. The van der Waals surface area contributed by atoms with Crippen LogP contribution in [0.2, 0.25) is 0 Å². The van der Waals surface area contributed by atoms with E-state index in [0.717, 1.165) is 40.0 Å². The number of nitrogens with one attached hydrogen (secondary N) is 1. The number of nitrogens with zero attached hydrogens (tertiary/aromatic N) is 1. The summed E-state index contributed by atoms with van der Waals surface area (Å²) in [5.41, 5.74) is -0.598. The van der Waals surface area contributed by atoms with Gasteiger partial charge in [-0.3, -0.25) is 29.3 Å². The summed E-state index contributed by atoms with van der Waals surface area (Å²) in [6.07, 6.45) is -9.79. The molecular formula is C23H26N2O16. The lowest BCUT2D eigenvalue weighted by Crippen LogP contribution is -2.64. The van der Waals surface area contributed by atoms with Crippen molar-refractivity contribution < 1.29 is 72.0 Å². The SMILES string of the molecule is COC(=O)[C@H]1O[C@@H](Oc2ccc(COC(=O)NCC(=O)O)cc2[N+](=O)[O-])[C@H](OC(C)=O)[C@@H](OC(C)=O)[C@@H]1OC(C)=O. The van der Waals surface area contributed by atoms with E-state index in [1.165, 1.54) is 6.07 Å². The van der Waals surface area contributed by atoms with Crippen LogP contribution in [-0.4, -0.2) is 90.3 Å². The third-order valence-electron chi connectivity index (χ3n) is 5.05. The number of alkyl carbamates (subject to hydrolysis) is 1. The van der Waals surface area contributed by atoms with Crippen molar-refractivity contribution in [3.8, 4) is 5.75 Å². The van der Waals surface area contributed by atoms with Gasteiger partial charge in [-0.05, 0) is 11.6 Å². The van der Waals surface area contributed by atoms with E-state index in [2.05, 4.69) is 4.74 Å². The molecule has 0 bridgehead atoms. The fourth-order valence-corrected chi connectivity index (χ4v) is 3.54. The molecule has 0 aliphatic carbocycles. The number of carbonyl (C=O) groups excluding carboxylic acids is 5. The van der Waals surface area contributed by atoms with Gasteiger partial charge in [0.15, 0.2) is 24.1 Å². The van der Waals surface area contributed by atoms with Crippen molar-refractivity contribution in [3.63, 3.8) is 0 Å². The molecule has 1 aromatic rings. The number of hydrogen-bond acceptors (Lipinski definition) is 15. The Morgan fingerprint density at radius 3 is 2.10 bits per heavy atom. The Labute approximate surface area is 230 Å². The maximum atomic E-state index is 12.5. The van der Waals surface area contributed by atoms with Gasteiger partial charge < -0.3 is 43.6 Å². The van der Waals surface area contributed by atoms with Crippen LogP contribution < -0.4 is 10.1 Å². The number of carboxylic acids is 1. The number of carbonyl (C=O) groups is 6. The molecule has 1 aliphatic rings. The molecule has 0 unspecified atom stereocenters. The van der Waals surface area contributed by atoms with Crippen LogP contribution in [0, 0.1) is 10.1 Å². The normalized spacial score (nSPS) is 21.4.